The Bertz CT molecular complexity index is 630. The minimum Gasteiger partial charge on any atom is -0.351 e. The minimum absolute atomic E-state index is 0.0358. The molecule has 2 N–H and O–H groups in total. The van der Waals surface area contributed by atoms with Crippen molar-refractivity contribution in [1.29, 1.82) is 0 Å². The first-order valence-electron chi connectivity index (χ1n) is 5.46. The molecule has 0 saturated heterocycles. The van der Waals surface area contributed by atoms with Crippen LogP contribution in [0.15, 0.2) is 12.4 Å². The Hall–Kier alpha value is -2.45. The Kier molecular flexibility index (Phi) is 3.97. The van der Waals surface area contributed by atoms with Crippen LogP contribution in [0.3, 0.4) is 0 Å². The van der Waals surface area contributed by atoms with Crippen molar-refractivity contribution in [2.24, 2.45) is 0 Å². The summed E-state index contributed by atoms with van der Waals surface area (Å²) in [6.07, 6.45) is 1.53. The first kappa shape index (κ1) is 14.0. The number of H-pyrrole nitrogens is 1. The van der Waals surface area contributed by atoms with Crippen LogP contribution >= 0.6 is 0 Å². The quantitative estimate of drug-likeness (QED) is 0.506. The van der Waals surface area contributed by atoms with Gasteiger partial charge in [-0.2, -0.15) is 5.10 Å². The second kappa shape index (κ2) is 5.68. The fourth-order valence-corrected chi connectivity index (χ4v) is 1.48. The number of aromatic amines is 1. The number of hydrogen-bond donors (Lipinski definition) is 2. The summed E-state index contributed by atoms with van der Waals surface area (Å²) in [5.41, 5.74) is -0.904. The summed E-state index contributed by atoms with van der Waals surface area (Å²) in [4.78, 5) is 15.3. The molecule has 2 aromatic rings. The maximum atomic E-state index is 13.3. The first-order valence-corrected chi connectivity index (χ1v) is 5.46. The van der Waals surface area contributed by atoms with Crippen LogP contribution in [0.25, 0.3) is 0 Å². The highest BCUT2D eigenvalue weighted by molar-refractivity contribution is 5.94. The summed E-state index contributed by atoms with van der Waals surface area (Å²) in [6, 6.07) is 0.303. The minimum atomic E-state index is -2.02. The molecule has 1 aromatic carbocycles. The average Bonchev–Trinajstić information content (AvgIpc) is 2.93. The number of carbonyl (C=O) groups excluding carboxylic acids is 1. The molecular formula is C11H8F4N4O. The first-order chi connectivity index (χ1) is 9.50. The van der Waals surface area contributed by atoms with Gasteiger partial charge in [0.2, 0.25) is 0 Å². The standard InChI is InChI=1S/C11H8F4N4O/c12-6-3-5(8(13)10(15)9(6)14)11(20)16-2-1-7-17-4-18-19-7/h3-4H,1-2H2,(H,16,20)(H,17,18,19). The summed E-state index contributed by atoms with van der Waals surface area (Å²) in [6.45, 7) is 0.0358. The van der Waals surface area contributed by atoms with Gasteiger partial charge in [-0.25, -0.2) is 22.5 Å². The lowest BCUT2D eigenvalue weighted by atomic mass is 10.1. The van der Waals surface area contributed by atoms with E-state index in [0.29, 0.717) is 11.9 Å². The van der Waals surface area contributed by atoms with E-state index in [1.807, 2.05) is 0 Å². The molecule has 0 bridgehead atoms. The maximum absolute atomic E-state index is 13.3. The van der Waals surface area contributed by atoms with Crippen molar-refractivity contribution in [1.82, 2.24) is 20.5 Å². The second-order valence-electron chi connectivity index (χ2n) is 3.79. The Morgan fingerprint density at radius 1 is 1.20 bits per heavy atom. The van der Waals surface area contributed by atoms with Gasteiger partial charge in [-0.3, -0.25) is 9.89 Å². The number of hydrogen-bond acceptors (Lipinski definition) is 3. The Balaban J connectivity index is 2.06. The zero-order valence-electron chi connectivity index (χ0n) is 9.88. The molecule has 0 fully saturated rings. The van der Waals surface area contributed by atoms with Crippen LogP contribution in [0.5, 0.6) is 0 Å². The van der Waals surface area contributed by atoms with Crippen LogP contribution in [-0.4, -0.2) is 27.6 Å². The van der Waals surface area contributed by atoms with Crippen LogP contribution in [-0.2, 0) is 6.42 Å². The fourth-order valence-electron chi connectivity index (χ4n) is 1.48. The normalized spacial score (nSPS) is 10.6. The van der Waals surface area contributed by atoms with E-state index in [9.17, 15) is 22.4 Å². The zero-order chi connectivity index (χ0) is 14.7. The largest absolute Gasteiger partial charge is 0.351 e. The van der Waals surface area contributed by atoms with Gasteiger partial charge in [-0.05, 0) is 6.07 Å². The van der Waals surface area contributed by atoms with Gasteiger partial charge in [0.1, 0.15) is 12.2 Å². The van der Waals surface area contributed by atoms with E-state index in [1.54, 1.807) is 0 Å². The summed E-state index contributed by atoms with van der Waals surface area (Å²) < 4.78 is 52.0. The number of rotatable bonds is 4. The topological polar surface area (TPSA) is 70.7 Å². The van der Waals surface area contributed by atoms with Crippen molar-refractivity contribution >= 4 is 5.91 Å². The molecule has 5 nitrogen and oxygen atoms in total. The van der Waals surface area contributed by atoms with Crippen LogP contribution < -0.4 is 5.32 Å². The molecule has 1 amide bonds. The van der Waals surface area contributed by atoms with Crippen LogP contribution in [0.4, 0.5) is 17.6 Å². The predicted octanol–water partition coefficient (Wildman–Crippen LogP) is 1.33. The average molecular weight is 288 g/mol. The molecule has 0 unspecified atom stereocenters. The highest BCUT2D eigenvalue weighted by atomic mass is 19.2. The van der Waals surface area contributed by atoms with Crippen molar-refractivity contribution in [3.63, 3.8) is 0 Å². The number of benzene rings is 1. The third-order valence-electron chi connectivity index (χ3n) is 2.46. The van der Waals surface area contributed by atoms with E-state index in [0.717, 1.165) is 0 Å². The molecule has 9 heteroatoms. The Morgan fingerprint density at radius 2 is 1.95 bits per heavy atom. The lowest BCUT2D eigenvalue weighted by molar-refractivity contribution is 0.0948. The molecule has 0 aliphatic carbocycles. The van der Waals surface area contributed by atoms with Gasteiger partial charge in [-0.15, -0.1) is 0 Å². The van der Waals surface area contributed by atoms with Gasteiger partial charge in [0.15, 0.2) is 23.3 Å². The van der Waals surface area contributed by atoms with E-state index in [4.69, 9.17) is 0 Å². The van der Waals surface area contributed by atoms with E-state index in [2.05, 4.69) is 20.5 Å². The van der Waals surface area contributed by atoms with Gasteiger partial charge < -0.3 is 5.32 Å². The van der Waals surface area contributed by atoms with Crippen molar-refractivity contribution in [2.75, 3.05) is 6.54 Å². The number of amides is 1. The molecule has 1 aromatic heterocycles. The molecule has 106 valence electrons. The van der Waals surface area contributed by atoms with Gasteiger partial charge in [0, 0.05) is 13.0 Å². The van der Waals surface area contributed by atoms with Crippen LogP contribution in [0, 0.1) is 23.3 Å². The fraction of sp³-hybridized carbons (Fsp3) is 0.182. The number of nitrogens with zero attached hydrogens (tertiary/aromatic N) is 2. The van der Waals surface area contributed by atoms with Crippen LogP contribution in [0.1, 0.15) is 16.2 Å². The molecule has 0 atom stereocenters. The lowest BCUT2D eigenvalue weighted by Gasteiger charge is -2.06. The highest BCUT2D eigenvalue weighted by Gasteiger charge is 2.22. The summed E-state index contributed by atoms with van der Waals surface area (Å²) in [5.74, 6) is -7.93. The number of nitrogens with one attached hydrogen (secondary N) is 2. The van der Waals surface area contributed by atoms with E-state index < -0.39 is 34.7 Å². The maximum Gasteiger partial charge on any atom is 0.254 e. The third-order valence-corrected chi connectivity index (χ3v) is 2.46. The molecule has 0 aliphatic heterocycles. The van der Waals surface area contributed by atoms with Gasteiger partial charge in [0.05, 0.1) is 5.56 Å². The van der Waals surface area contributed by atoms with Crippen molar-refractivity contribution in [3.05, 3.63) is 47.1 Å². The summed E-state index contributed by atoms with van der Waals surface area (Å²) in [5, 5.41) is 8.34. The van der Waals surface area contributed by atoms with Crippen LogP contribution in [0.2, 0.25) is 0 Å². The Labute approximate surface area is 110 Å². The van der Waals surface area contributed by atoms with Gasteiger partial charge in [0.25, 0.3) is 5.91 Å². The monoisotopic (exact) mass is 288 g/mol. The highest BCUT2D eigenvalue weighted by Crippen LogP contribution is 2.18. The molecule has 0 spiro atoms. The zero-order valence-corrected chi connectivity index (χ0v) is 9.88. The van der Waals surface area contributed by atoms with Gasteiger partial charge in [-0.1, -0.05) is 0 Å². The van der Waals surface area contributed by atoms with Crippen molar-refractivity contribution < 1.29 is 22.4 Å². The lowest BCUT2D eigenvalue weighted by Crippen LogP contribution is -2.27. The molecule has 0 radical (unpaired) electrons. The van der Waals surface area contributed by atoms with E-state index in [-0.39, 0.29) is 13.0 Å². The smallest absolute Gasteiger partial charge is 0.254 e. The number of carbonyl (C=O) groups is 1. The van der Waals surface area contributed by atoms with Crippen molar-refractivity contribution in [2.45, 2.75) is 6.42 Å². The molecule has 0 saturated carbocycles. The third kappa shape index (κ3) is 2.76. The predicted molar refractivity (Wildman–Crippen MR) is 58.7 cm³/mol. The number of aromatic nitrogens is 3. The Morgan fingerprint density at radius 3 is 2.60 bits per heavy atom. The molecule has 1 heterocycles. The van der Waals surface area contributed by atoms with E-state index >= 15 is 0 Å². The molecule has 0 aliphatic rings. The molecule has 2 rings (SSSR count). The van der Waals surface area contributed by atoms with Gasteiger partial charge >= 0.3 is 0 Å². The summed E-state index contributed by atoms with van der Waals surface area (Å²) >= 11 is 0. The van der Waals surface area contributed by atoms with Crippen molar-refractivity contribution in [3.8, 4) is 0 Å². The molecular weight excluding hydrogens is 280 g/mol. The summed E-state index contributed by atoms with van der Waals surface area (Å²) in [7, 11) is 0. The SMILES string of the molecule is O=C(NCCc1ncn[nH]1)c1cc(F)c(F)c(F)c1F. The number of halogens is 4. The molecule has 20 heavy (non-hydrogen) atoms. The van der Waals surface area contributed by atoms with E-state index in [1.165, 1.54) is 6.33 Å². The second-order valence-corrected chi connectivity index (χ2v) is 3.79.